The summed E-state index contributed by atoms with van der Waals surface area (Å²) >= 11 is 0. The van der Waals surface area contributed by atoms with Gasteiger partial charge in [-0.1, -0.05) is 13.8 Å². The Labute approximate surface area is 91.8 Å². The molecule has 1 rings (SSSR count). The lowest BCUT2D eigenvalue weighted by Gasteiger charge is -2.24. The fourth-order valence-corrected chi connectivity index (χ4v) is 1.55. The van der Waals surface area contributed by atoms with Crippen molar-refractivity contribution in [2.75, 3.05) is 13.7 Å². The molecule has 1 aromatic rings. The van der Waals surface area contributed by atoms with E-state index in [2.05, 4.69) is 26.1 Å². The van der Waals surface area contributed by atoms with E-state index in [1.165, 1.54) is 0 Å². The summed E-state index contributed by atoms with van der Waals surface area (Å²) in [6.07, 6.45) is 1.70. The summed E-state index contributed by atoms with van der Waals surface area (Å²) in [6, 6.07) is 4.48. The van der Waals surface area contributed by atoms with Crippen LogP contribution in [0, 0.1) is 5.92 Å². The Morgan fingerprint density at radius 3 is 2.60 bits per heavy atom. The first-order valence-corrected chi connectivity index (χ1v) is 5.43. The van der Waals surface area contributed by atoms with Crippen LogP contribution in [0.3, 0.4) is 0 Å². The minimum Gasteiger partial charge on any atom is -0.468 e. The number of hydrogen-bond acceptors (Lipinski definition) is 3. The second kappa shape index (κ2) is 5.93. The topological polar surface area (TPSA) is 34.4 Å². The predicted octanol–water partition coefficient (Wildman–Crippen LogP) is 2.60. The van der Waals surface area contributed by atoms with Gasteiger partial charge in [0.1, 0.15) is 5.76 Å². The Balaban J connectivity index is 2.50. The van der Waals surface area contributed by atoms with Crippen LogP contribution in [-0.2, 0) is 4.74 Å². The summed E-state index contributed by atoms with van der Waals surface area (Å²) in [5.41, 5.74) is 0. The van der Waals surface area contributed by atoms with Gasteiger partial charge in [0, 0.05) is 13.2 Å². The highest BCUT2D eigenvalue weighted by molar-refractivity contribution is 5.03. The molecule has 0 saturated heterocycles. The van der Waals surface area contributed by atoms with Gasteiger partial charge in [-0.2, -0.15) is 0 Å². The van der Waals surface area contributed by atoms with Crippen LogP contribution < -0.4 is 5.32 Å². The van der Waals surface area contributed by atoms with Crippen LogP contribution in [0.25, 0.3) is 0 Å². The molecule has 3 nitrogen and oxygen atoms in total. The van der Waals surface area contributed by atoms with Crippen LogP contribution in [-0.4, -0.2) is 19.8 Å². The van der Waals surface area contributed by atoms with Crippen molar-refractivity contribution in [2.24, 2.45) is 5.92 Å². The highest BCUT2D eigenvalue weighted by Gasteiger charge is 2.17. The molecule has 0 amide bonds. The minimum absolute atomic E-state index is 0.225. The second-order valence-electron chi connectivity index (χ2n) is 4.21. The van der Waals surface area contributed by atoms with E-state index in [4.69, 9.17) is 9.15 Å². The third kappa shape index (κ3) is 3.68. The second-order valence-corrected chi connectivity index (χ2v) is 4.21. The van der Waals surface area contributed by atoms with Gasteiger partial charge in [0.2, 0.25) is 0 Å². The Kier molecular flexibility index (Phi) is 4.85. The van der Waals surface area contributed by atoms with E-state index in [9.17, 15) is 0 Å². The first-order chi connectivity index (χ1) is 7.15. The molecule has 2 atom stereocenters. The smallest absolute Gasteiger partial charge is 0.120 e. The monoisotopic (exact) mass is 211 g/mol. The first-order valence-electron chi connectivity index (χ1n) is 5.43. The molecular weight excluding hydrogens is 190 g/mol. The summed E-state index contributed by atoms with van der Waals surface area (Å²) < 4.78 is 10.5. The summed E-state index contributed by atoms with van der Waals surface area (Å²) in [5.74, 6) is 1.51. The molecule has 0 aliphatic rings. The molecule has 3 heteroatoms. The third-order valence-electron chi connectivity index (χ3n) is 2.58. The van der Waals surface area contributed by atoms with Crippen molar-refractivity contribution in [2.45, 2.75) is 32.9 Å². The molecule has 0 radical (unpaired) electrons. The van der Waals surface area contributed by atoms with Crippen molar-refractivity contribution in [3.63, 3.8) is 0 Å². The lowest BCUT2D eigenvalue weighted by Crippen LogP contribution is -2.39. The van der Waals surface area contributed by atoms with Crippen LogP contribution >= 0.6 is 0 Å². The Morgan fingerprint density at radius 2 is 2.13 bits per heavy atom. The van der Waals surface area contributed by atoms with Gasteiger partial charge < -0.3 is 14.5 Å². The molecule has 1 aromatic heterocycles. The van der Waals surface area contributed by atoms with E-state index in [1.807, 2.05) is 12.1 Å². The third-order valence-corrected chi connectivity index (χ3v) is 2.58. The molecule has 0 aliphatic heterocycles. The normalized spacial score (nSPS) is 15.5. The van der Waals surface area contributed by atoms with Crippen LogP contribution in [0.15, 0.2) is 22.8 Å². The predicted molar refractivity (Wildman–Crippen MR) is 60.8 cm³/mol. The Bertz CT molecular complexity index is 257. The fraction of sp³-hybridized carbons (Fsp3) is 0.667. The molecule has 0 fully saturated rings. The molecule has 2 unspecified atom stereocenters. The quantitative estimate of drug-likeness (QED) is 0.785. The molecule has 0 aromatic carbocycles. The molecular formula is C12H21NO2. The van der Waals surface area contributed by atoms with E-state index >= 15 is 0 Å². The lowest BCUT2D eigenvalue weighted by atomic mass is 10.0. The maximum Gasteiger partial charge on any atom is 0.120 e. The fourth-order valence-electron chi connectivity index (χ4n) is 1.55. The molecule has 0 bridgehead atoms. The molecule has 15 heavy (non-hydrogen) atoms. The standard InChI is InChI=1S/C12H21NO2/c1-9(2)11(8-14-4)13-10(3)12-6-5-7-15-12/h5-7,9-11,13H,8H2,1-4H3. The first kappa shape index (κ1) is 12.3. The van der Waals surface area contributed by atoms with Gasteiger partial charge in [0.05, 0.1) is 18.9 Å². The van der Waals surface area contributed by atoms with E-state index in [0.29, 0.717) is 12.0 Å². The van der Waals surface area contributed by atoms with Gasteiger partial charge in [0.15, 0.2) is 0 Å². The minimum atomic E-state index is 0.225. The molecule has 1 N–H and O–H groups in total. The molecule has 0 spiro atoms. The zero-order valence-electron chi connectivity index (χ0n) is 9.99. The summed E-state index contributed by atoms with van der Waals surface area (Å²) in [5, 5.41) is 3.50. The summed E-state index contributed by atoms with van der Waals surface area (Å²) in [4.78, 5) is 0. The number of rotatable bonds is 6. The van der Waals surface area contributed by atoms with Crippen molar-refractivity contribution in [3.8, 4) is 0 Å². The zero-order chi connectivity index (χ0) is 11.3. The maximum absolute atomic E-state index is 5.35. The maximum atomic E-state index is 5.35. The summed E-state index contributed by atoms with van der Waals surface area (Å²) in [7, 11) is 1.73. The van der Waals surface area contributed by atoms with Gasteiger partial charge in [-0.3, -0.25) is 0 Å². The lowest BCUT2D eigenvalue weighted by molar-refractivity contribution is 0.139. The molecule has 0 saturated carbocycles. The van der Waals surface area contributed by atoms with Gasteiger partial charge in [-0.15, -0.1) is 0 Å². The van der Waals surface area contributed by atoms with Gasteiger partial charge in [0.25, 0.3) is 0 Å². The number of ether oxygens (including phenoxy) is 1. The van der Waals surface area contributed by atoms with Gasteiger partial charge in [-0.05, 0) is 25.0 Å². The number of furan rings is 1. The van der Waals surface area contributed by atoms with Crippen LogP contribution in [0.2, 0.25) is 0 Å². The largest absolute Gasteiger partial charge is 0.468 e. The van der Waals surface area contributed by atoms with Gasteiger partial charge in [-0.25, -0.2) is 0 Å². The molecule has 1 heterocycles. The number of methoxy groups -OCH3 is 1. The van der Waals surface area contributed by atoms with Crippen LogP contribution in [0.5, 0.6) is 0 Å². The van der Waals surface area contributed by atoms with Crippen LogP contribution in [0.1, 0.15) is 32.6 Å². The summed E-state index contributed by atoms with van der Waals surface area (Å²) in [6.45, 7) is 7.20. The zero-order valence-corrected chi connectivity index (χ0v) is 9.99. The number of hydrogen-bond donors (Lipinski definition) is 1. The van der Waals surface area contributed by atoms with Crippen molar-refractivity contribution in [3.05, 3.63) is 24.2 Å². The van der Waals surface area contributed by atoms with E-state index in [0.717, 1.165) is 12.4 Å². The van der Waals surface area contributed by atoms with Crippen molar-refractivity contribution in [1.29, 1.82) is 0 Å². The highest BCUT2D eigenvalue weighted by Crippen LogP contribution is 2.15. The average molecular weight is 211 g/mol. The van der Waals surface area contributed by atoms with E-state index in [-0.39, 0.29) is 6.04 Å². The van der Waals surface area contributed by atoms with Crippen molar-refractivity contribution in [1.82, 2.24) is 5.32 Å². The van der Waals surface area contributed by atoms with Crippen molar-refractivity contribution >= 4 is 0 Å². The Hall–Kier alpha value is -0.800. The highest BCUT2D eigenvalue weighted by atomic mass is 16.5. The Morgan fingerprint density at radius 1 is 1.40 bits per heavy atom. The van der Waals surface area contributed by atoms with E-state index in [1.54, 1.807) is 13.4 Å². The SMILES string of the molecule is COCC(NC(C)c1ccco1)C(C)C. The molecule has 86 valence electrons. The number of nitrogens with one attached hydrogen (secondary N) is 1. The van der Waals surface area contributed by atoms with Gasteiger partial charge >= 0.3 is 0 Å². The van der Waals surface area contributed by atoms with Crippen molar-refractivity contribution < 1.29 is 9.15 Å². The van der Waals surface area contributed by atoms with Crippen LogP contribution in [0.4, 0.5) is 0 Å². The molecule has 0 aliphatic carbocycles. The van der Waals surface area contributed by atoms with E-state index < -0.39 is 0 Å². The average Bonchev–Trinajstić information content (AvgIpc) is 2.69.